The Hall–Kier alpha value is -3.21. The highest BCUT2D eigenvalue weighted by Crippen LogP contribution is 2.62. The maximum Gasteiger partial charge on any atom is 0.249 e. The van der Waals surface area contributed by atoms with Crippen molar-refractivity contribution in [3.05, 3.63) is 76.1 Å². The molecule has 2 aromatic rings. The summed E-state index contributed by atoms with van der Waals surface area (Å²) in [6.45, 7) is 6.21. The molecule has 6 rings (SSSR count). The molecule has 4 nitrogen and oxygen atoms in total. The van der Waals surface area contributed by atoms with Crippen molar-refractivity contribution >= 4 is 17.4 Å². The highest BCUT2D eigenvalue weighted by Gasteiger charge is 2.48. The maximum absolute atomic E-state index is 15.9. The Morgan fingerprint density at radius 2 is 1.97 bits per heavy atom. The molecule has 2 amide bonds. The molecule has 1 aliphatic heterocycles. The fourth-order valence-corrected chi connectivity index (χ4v) is 6.64. The Labute approximate surface area is 199 Å². The van der Waals surface area contributed by atoms with Gasteiger partial charge in [-0.2, -0.15) is 0 Å². The number of amides is 2. The fraction of sp³-hybridized carbons (Fsp3) is 0.379. The summed E-state index contributed by atoms with van der Waals surface area (Å²) >= 11 is 0. The van der Waals surface area contributed by atoms with Gasteiger partial charge in [0.2, 0.25) is 11.8 Å². The molecule has 2 aromatic carbocycles. The molecule has 0 unspecified atom stereocenters. The van der Waals surface area contributed by atoms with E-state index in [9.17, 15) is 9.59 Å². The van der Waals surface area contributed by atoms with Gasteiger partial charge < -0.3 is 10.6 Å². The van der Waals surface area contributed by atoms with Crippen molar-refractivity contribution in [1.29, 1.82) is 0 Å². The minimum absolute atomic E-state index is 0.0897. The lowest BCUT2D eigenvalue weighted by molar-refractivity contribution is -0.128. The van der Waals surface area contributed by atoms with E-state index in [0.717, 1.165) is 40.7 Å². The molecule has 0 radical (unpaired) electrons. The molecular formula is C29H29FN2O2. The molecule has 0 aromatic heterocycles. The number of fused-ring (bicyclic) bond motifs is 3. The van der Waals surface area contributed by atoms with Crippen LogP contribution in [0.5, 0.6) is 0 Å². The lowest BCUT2D eigenvalue weighted by Crippen LogP contribution is -2.38. The second-order valence-electron chi connectivity index (χ2n) is 10.5. The van der Waals surface area contributed by atoms with Crippen LogP contribution in [0.15, 0.2) is 42.5 Å². The van der Waals surface area contributed by atoms with Gasteiger partial charge in [0.15, 0.2) is 0 Å². The second kappa shape index (κ2) is 7.39. The number of nitrogens with zero attached hydrogens (tertiary/aromatic N) is 1. The van der Waals surface area contributed by atoms with Gasteiger partial charge in [0.05, 0.1) is 6.04 Å². The molecule has 34 heavy (non-hydrogen) atoms. The Bertz CT molecular complexity index is 1320. The van der Waals surface area contributed by atoms with Crippen LogP contribution in [0.2, 0.25) is 0 Å². The van der Waals surface area contributed by atoms with E-state index in [1.165, 1.54) is 42.6 Å². The number of halogens is 1. The largest absolute Gasteiger partial charge is 0.366 e. The average Bonchev–Trinajstić information content (AvgIpc) is 3.48. The second-order valence-corrected chi connectivity index (χ2v) is 10.5. The third-order valence-electron chi connectivity index (χ3n) is 8.70. The van der Waals surface area contributed by atoms with Gasteiger partial charge >= 0.3 is 0 Å². The Morgan fingerprint density at radius 3 is 2.68 bits per heavy atom. The summed E-state index contributed by atoms with van der Waals surface area (Å²) in [5.74, 6) is -1.04. The molecule has 2 N–H and O–H groups in total. The molecule has 1 fully saturated rings. The molecule has 0 saturated heterocycles. The van der Waals surface area contributed by atoms with E-state index in [-0.39, 0.29) is 17.8 Å². The molecule has 1 spiro atoms. The van der Waals surface area contributed by atoms with Crippen molar-refractivity contribution in [2.75, 3.05) is 6.54 Å². The predicted molar refractivity (Wildman–Crippen MR) is 131 cm³/mol. The molecule has 1 saturated carbocycles. The van der Waals surface area contributed by atoms with Crippen molar-refractivity contribution < 1.29 is 14.0 Å². The molecule has 1 heterocycles. The van der Waals surface area contributed by atoms with Gasteiger partial charge in [-0.05, 0) is 103 Å². The van der Waals surface area contributed by atoms with Crippen LogP contribution in [-0.4, -0.2) is 23.3 Å². The number of carbonyl (C=O) groups is 2. The van der Waals surface area contributed by atoms with Crippen LogP contribution in [0.25, 0.3) is 16.7 Å². The van der Waals surface area contributed by atoms with Crippen LogP contribution in [0.4, 0.5) is 4.39 Å². The van der Waals surface area contributed by atoms with Crippen LogP contribution in [0, 0.1) is 11.2 Å². The summed E-state index contributed by atoms with van der Waals surface area (Å²) in [7, 11) is 0. The number of primary amides is 1. The van der Waals surface area contributed by atoms with Crippen LogP contribution < -0.4 is 5.73 Å². The Kier molecular flexibility index (Phi) is 4.64. The van der Waals surface area contributed by atoms with Crippen molar-refractivity contribution in [2.24, 2.45) is 11.1 Å². The first-order valence-corrected chi connectivity index (χ1v) is 12.3. The van der Waals surface area contributed by atoms with Crippen LogP contribution >= 0.6 is 0 Å². The van der Waals surface area contributed by atoms with E-state index in [1.807, 2.05) is 30.0 Å². The van der Waals surface area contributed by atoms with Crippen molar-refractivity contribution in [2.45, 2.75) is 57.9 Å². The van der Waals surface area contributed by atoms with Gasteiger partial charge in [0, 0.05) is 17.7 Å². The maximum atomic E-state index is 15.9. The number of nitrogens with two attached hydrogens (primary N) is 1. The fourth-order valence-electron chi connectivity index (χ4n) is 6.64. The van der Waals surface area contributed by atoms with Gasteiger partial charge in [-0.15, -0.1) is 0 Å². The molecule has 1 atom stereocenters. The first-order valence-electron chi connectivity index (χ1n) is 12.3. The summed E-state index contributed by atoms with van der Waals surface area (Å²) in [6, 6.07) is 7.21. The van der Waals surface area contributed by atoms with Crippen molar-refractivity contribution in [3.63, 3.8) is 0 Å². The monoisotopic (exact) mass is 456 g/mol. The summed E-state index contributed by atoms with van der Waals surface area (Å²) in [4.78, 5) is 26.5. The molecule has 0 bridgehead atoms. The number of rotatable bonds is 3. The average molecular weight is 457 g/mol. The van der Waals surface area contributed by atoms with E-state index >= 15 is 4.39 Å². The molecule has 5 heteroatoms. The minimum Gasteiger partial charge on any atom is -0.366 e. The first kappa shape index (κ1) is 21.3. The van der Waals surface area contributed by atoms with E-state index < -0.39 is 5.91 Å². The highest BCUT2D eigenvalue weighted by atomic mass is 19.1. The third kappa shape index (κ3) is 3.02. The van der Waals surface area contributed by atoms with E-state index in [2.05, 4.69) is 6.58 Å². The number of benzene rings is 2. The predicted octanol–water partition coefficient (Wildman–Crippen LogP) is 5.50. The molecule has 4 aliphatic rings. The topological polar surface area (TPSA) is 63.4 Å². The van der Waals surface area contributed by atoms with Gasteiger partial charge in [0.25, 0.3) is 0 Å². The van der Waals surface area contributed by atoms with Crippen molar-refractivity contribution in [3.8, 4) is 11.1 Å². The summed E-state index contributed by atoms with van der Waals surface area (Å²) in [5, 5.41) is 0. The summed E-state index contributed by atoms with van der Waals surface area (Å²) in [6.07, 6.45) is 8.34. The first-order chi connectivity index (χ1) is 16.3. The number of hydrogen-bond acceptors (Lipinski definition) is 2. The van der Waals surface area contributed by atoms with Gasteiger partial charge in [-0.3, -0.25) is 9.59 Å². The zero-order chi connectivity index (χ0) is 23.8. The highest BCUT2D eigenvalue weighted by molar-refractivity contribution is 6.01. The lowest BCUT2D eigenvalue weighted by atomic mass is 9.78. The van der Waals surface area contributed by atoms with Crippen LogP contribution in [0.1, 0.15) is 77.7 Å². The molecule has 3 aliphatic carbocycles. The number of carbonyl (C=O) groups excluding carboxylic acids is 2. The molecular weight excluding hydrogens is 427 g/mol. The SMILES string of the molecule is C=CC(=O)N1CCc2c(-c3c(F)cc(C(N)=O)c4c3C3=C(CCC5(CC5)C3)C4)cccc2[C@@H]1C. The van der Waals surface area contributed by atoms with E-state index in [0.29, 0.717) is 35.9 Å². The summed E-state index contributed by atoms with van der Waals surface area (Å²) in [5.41, 5.74) is 14.4. The zero-order valence-electron chi connectivity index (χ0n) is 19.5. The standard InChI is InChI=1S/C29H29FN2O2/c1-3-25(33)32-12-8-19-18(16(32)2)5-4-6-20(19)27-24(30)14-22(28(31)34)21-13-17-7-9-29(10-11-29)15-23(17)26(21)27/h3-6,14,16H,1,7-13,15H2,2H3,(H2,31,34)/t16-/m0/s1. The van der Waals surface area contributed by atoms with Gasteiger partial charge in [-0.25, -0.2) is 4.39 Å². The third-order valence-corrected chi connectivity index (χ3v) is 8.70. The van der Waals surface area contributed by atoms with Crippen LogP contribution in [0.3, 0.4) is 0 Å². The number of allylic oxidation sites excluding steroid dienone is 2. The lowest BCUT2D eigenvalue weighted by Gasteiger charge is -2.36. The quantitative estimate of drug-likeness (QED) is 0.620. The molecule has 174 valence electrons. The Morgan fingerprint density at radius 1 is 1.18 bits per heavy atom. The smallest absolute Gasteiger partial charge is 0.249 e. The van der Waals surface area contributed by atoms with Gasteiger partial charge in [-0.1, -0.05) is 30.4 Å². The number of hydrogen-bond donors (Lipinski definition) is 1. The Balaban J connectivity index is 1.56. The summed E-state index contributed by atoms with van der Waals surface area (Å²) < 4.78 is 15.9. The van der Waals surface area contributed by atoms with Crippen LogP contribution in [-0.2, 0) is 17.6 Å². The van der Waals surface area contributed by atoms with E-state index in [4.69, 9.17) is 5.73 Å². The van der Waals surface area contributed by atoms with Crippen molar-refractivity contribution in [1.82, 2.24) is 4.90 Å². The van der Waals surface area contributed by atoms with Gasteiger partial charge in [0.1, 0.15) is 5.82 Å². The zero-order valence-corrected chi connectivity index (χ0v) is 19.5. The van der Waals surface area contributed by atoms with E-state index in [1.54, 1.807) is 0 Å². The minimum atomic E-state index is -0.565. The normalized spacial score (nSPS) is 21.7.